The summed E-state index contributed by atoms with van der Waals surface area (Å²) in [7, 11) is 0. The number of allylic oxidation sites excluding steroid dienone is 3. The summed E-state index contributed by atoms with van der Waals surface area (Å²) < 4.78 is 0. The molecule has 11 heavy (non-hydrogen) atoms. The molecule has 1 aliphatic rings. The Labute approximate surface area is 65.4 Å². The van der Waals surface area contributed by atoms with Crippen molar-refractivity contribution in [2.24, 2.45) is 0 Å². The van der Waals surface area contributed by atoms with Crippen LogP contribution in [-0.4, -0.2) is 17.1 Å². The molecule has 0 aromatic carbocycles. The summed E-state index contributed by atoms with van der Waals surface area (Å²) in [5.74, 6) is -0.833. The maximum Gasteiger partial charge on any atom is 0.330 e. The number of aliphatic carboxylic acids is 1. The first-order valence-electron chi connectivity index (χ1n) is 3.60. The molecule has 0 spiro atoms. The lowest BCUT2D eigenvalue weighted by molar-refractivity contribution is -0.138. The molecule has 1 rings (SSSR count). The van der Waals surface area contributed by atoms with Crippen LogP contribution in [0.15, 0.2) is 23.9 Å². The molecular formula is C8H11NO2. The third-order valence-corrected chi connectivity index (χ3v) is 1.59. The van der Waals surface area contributed by atoms with Gasteiger partial charge >= 0.3 is 5.97 Å². The molecule has 60 valence electrons. The van der Waals surface area contributed by atoms with E-state index >= 15 is 0 Å². The van der Waals surface area contributed by atoms with Gasteiger partial charge in [0.15, 0.2) is 0 Å². The zero-order chi connectivity index (χ0) is 8.27. The highest BCUT2D eigenvalue weighted by molar-refractivity contribution is 5.76. The minimum absolute atomic E-state index is 0.546. The first kappa shape index (κ1) is 7.85. The molecular weight excluding hydrogens is 142 g/mol. The van der Waals surface area contributed by atoms with Crippen LogP contribution in [0.5, 0.6) is 0 Å². The molecule has 0 fully saturated rings. The molecule has 0 aliphatic carbocycles. The second kappa shape index (κ2) is 3.23. The third kappa shape index (κ3) is 1.83. The van der Waals surface area contributed by atoms with Crippen LogP contribution < -0.4 is 5.32 Å². The van der Waals surface area contributed by atoms with Gasteiger partial charge in [0.2, 0.25) is 0 Å². The Bertz CT molecular complexity index is 218. The normalized spacial score (nSPS) is 22.3. The van der Waals surface area contributed by atoms with E-state index in [9.17, 15) is 4.79 Å². The number of nitrogens with one attached hydrogen (secondary N) is 1. The molecule has 0 aromatic heterocycles. The summed E-state index contributed by atoms with van der Waals surface area (Å²) in [6.07, 6.45) is 6.13. The topological polar surface area (TPSA) is 49.3 Å². The van der Waals surface area contributed by atoms with Gasteiger partial charge in [0.1, 0.15) is 6.04 Å². The largest absolute Gasteiger partial charge is 0.479 e. The molecule has 0 aromatic rings. The summed E-state index contributed by atoms with van der Waals surface area (Å²) in [6, 6.07) is -0.546. The average molecular weight is 153 g/mol. The van der Waals surface area contributed by atoms with Crippen LogP contribution in [0.4, 0.5) is 0 Å². The number of carboxylic acids is 1. The molecule has 1 unspecified atom stereocenters. The predicted octanol–water partition coefficient (Wildman–Crippen LogP) is 0.893. The van der Waals surface area contributed by atoms with Gasteiger partial charge in [-0.15, -0.1) is 0 Å². The van der Waals surface area contributed by atoms with Crippen LogP contribution in [0.2, 0.25) is 0 Å². The van der Waals surface area contributed by atoms with Crippen LogP contribution in [0.1, 0.15) is 13.3 Å². The summed E-state index contributed by atoms with van der Waals surface area (Å²) in [4.78, 5) is 10.5. The maximum atomic E-state index is 10.5. The van der Waals surface area contributed by atoms with E-state index in [1.54, 1.807) is 12.2 Å². The molecule has 1 heterocycles. The van der Waals surface area contributed by atoms with Crippen molar-refractivity contribution < 1.29 is 9.90 Å². The average Bonchev–Trinajstić information content (AvgIpc) is 2.05. The lowest BCUT2D eigenvalue weighted by atomic mass is 10.1. The van der Waals surface area contributed by atoms with E-state index in [4.69, 9.17) is 5.11 Å². The van der Waals surface area contributed by atoms with Crippen molar-refractivity contribution in [2.45, 2.75) is 19.4 Å². The Hall–Kier alpha value is -1.25. The van der Waals surface area contributed by atoms with Gasteiger partial charge in [-0.2, -0.15) is 0 Å². The van der Waals surface area contributed by atoms with Crippen LogP contribution in [0.3, 0.4) is 0 Å². The van der Waals surface area contributed by atoms with Gasteiger partial charge in [0.25, 0.3) is 0 Å². The van der Waals surface area contributed by atoms with Crippen molar-refractivity contribution in [2.75, 3.05) is 0 Å². The quantitative estimate of drug-likeness (QED) is 0.619. The highest BCUT2D eigenvalue weighted by atomic mass is 16.4. The van der Waals surface area contributed by atoms with Crippen molar-refractivity contribution >= 4 is 5.97 Å². The van der Waals surface area contributed by atoms with E-state index in [-0.39, 0.29) is 0 Å². The maximum absolute atomic E-state index is 10.5. The fourth-order valence-electron chi connectivity index (χ4n) is 0.943. The number of dihydropyridines is 1. The van der Waals surface area contributed by atoms with Crippen molar-refractivity contribution in [1.29, 1.82) is 0 Å². The molecule has 0 amide bonds. The zero-order valence-corrected chi connectivity index (χ0v) is 6.37. The van der Waals surface area contributed by atoms with Crippen molar-refractivity contribution in [3.05, 3.63) is 23.9 Å². The van der Waals surface area contributed by atoms with Crippen LogP contribution in [0.25, 0.3) is 0 Å². The van der Waals surface area contributed by atoms with E-state index in [1.807, 2.05) is 13.0 Å². The number of hydrogen-bond donors (Lipinski definition) is 2. The number of hydrogen-bond acceptors (Lipinski definition) is 2. The molecule has 0 saturated heterocycles. The monoisotopic (exact) mass is 153 g/mol. The smallest absolute Gasteiger partial charge is 0.330 e. The number of rotatable bonds is 2. The molecule has 2 N–H and O–H groups in total. The van der Waals surface area contributed by atoms with Crippen molar-refractivity contribution in [3.8, 4) is 0 Å². The highest BCUT2D eigenvalue weighted by Crippen LogP contribution is 2.05. The molecule has 0 saturated carbocycles. The number of carboxylic acid groups (broad SMARTS) is 1. The van der Waals surface area contributed by atoms with Crippen LogP contribution in [-0.2, 0) is 4.79 Å². The fourth-order valence-corrected chi connectivity index (χ4v) is 0.943. The van der Waals surface area contributed by atoms with Crippen LogP contribution >= 0.6 is 0 Å². The minimum Gasteiger partial charge on any atom is -0.479 e. The first-order valence-corrected chi connectivity index (χ1v) is 3.60. The Morgan fingerprint density at radius 1 is 1.82 bits per heavy atom. The standard InChI is InChI=1S/C8H11NO2/c1-2-6-4-3-5-7(9-6)8(10)11/h3-5,7,9H,2H2,1H3,(H,10,11). The van der Waals surface area contributed by atoms with Gasteiger partial charge in [-0.1, -0.05) is 19.1 Å². The molecule has 0 radical (unpaired) electrons. The molecule has 1 aliphatic heterocycles. The van der Waals surface area contributed by atoms with Crippen molar-refractivity contribution in [1.82, 2.24) is 5.32 Å². The number of carbonyl (C=O) groups is 1. The third-order valence-electron chi connectivity index (χ3n) is 1.59. The van der Waals surface area contributed by atoms with Gasteiger partial charge in [-0.3, -0.25) is 0 Å². The minimum atomic E-state index is -0.833. The Balaban J connectivity index is 2.62. The SMILES string of the molecule is CCC1=CC=CC(C(=O)O)N1. The lowest BCUT2D eigenvalue weighted by Crippen LogP contribution is -2.35. The summed E-state index contributed by atoms with van der Waals surface area (Å²) in [5.41, 5.74) is 0.972. The Morgan fingerprint density at radius 2 is 2.55 bits per heavy atom. The second-order valence-corrected chi connectivity index (χ2v) is 2.39. The van der Waals surface area contributed by atoms with Crippen LogP contribution in [0, 0.1) is 0 Å². The highest BCUT2D eigenvalue weighted by Gasteiger charge is 2.15. The fraction of sp³-hybridized carbons (Fsp3) is 0.375. The van der Waals surface area contributed by atoms with Gasteiger partial charge in [-0.05, 0) is 12.5 Å². The Kier molecular flexibility index (Phi) is 2.31. The lowest BCUT2D eigenvalue weighted by Gasteiger charge is -2.16. The Morgan fingerprint density at radius 3 is 3.09 bits per heavy atom. The van der Waals surface area contributed by atoms with Gasteiger partial charge in [0.05, 0.1) is 0 Å². The van der Waals surface area contributed by atoms with E-state index in [2.05, 4.69) is 5.32 Å². The summed E-state index contributed by atoms with van der Waals surface area (Å²) in [5, 5.41) is 11.5. The first-order chi connectivity index (χ1) is 5.24. The predicted molar refractivity (Wildman–Crippen MR) is 42.1 cm³/mol. The van der Waals surface area contributed by atoms with Gasteiger partial charge in [-0.25, -0.2) is 4.79 Å². The van der Waals surface area contributed by atoms with E-state index in [0.29, 0.717) is 0 Å². The molecule has 0 bridgehead atoms. The second-order valence-electron chi connectivity index (χ2n) is 2.39. The molecule has 3 nitrogen and oxygen atoms in total. The molecule has 3 heteroatoms. The zero-order valence-electron chi connectivity index (χ0n) is 6.37. The van der Waals surface area contributed by atoms with E-state index < -0.39 is 12.0 Å². The van der Waals surface area contributed by atoms with Gasteiger partial charge < -0.3 is 10.4 Å². The van der Waals surface area contributed by atoms with Crippen molar-refractivity contribution in [3.63, 3.8) is 0 Å². The summed E-state index contributed by atoms with van der Waals surface area (Å²) in [6.45, 7) is 1.98. The molecule has 1 atom stereocenters. The van der Waals surface area contributed by atoms with E-state index in [1.165, 1.54) is 0 Å². The van der Waals surface area contributed by atoms with E-state index in [0.717, 1.165) is 12.1 Å². The summed E-state index contributed by atoms with van der Waals surface area (Å²) >= 11 is 0. The van der Waals surface area contributed by atoms with Gasteiger partial charge in [0, 0.05) is 5.70 Å².